The number of oxazole rings is 1. The molecule has 0 saturated carbocycles. The lowest BCUT2D eigenvalue weighted by atomic mass is 10.1. The Morgan fingerprint density at radius 2 is 1.85 bits per heavy atom. The number of benzene rings is 3. The van der Waals surface area contributed by atoms with Gasteiger partial charge in [0.05, 0.1) is 0 Å². The molecule has 134 valence electrons. The van der Waals surface area contributed by atoms with Gasteiger partial charge in [0, 0.05) is 21.3 Å². The van der Waals surface area contributed by atoms with Crippen LogP contribution in [0.1, 0.15) is 21.5 Å². The summed E-state index contributed by atoms with van der Waals surface area (Å²) in [5, 5.41) is 2.90. The molecule has 27 heavy (non-hydrogen) atoms. The maximum absolute atomic E-state index is 12.4. The number of hydrogen-bond donors (Lipinski definition) is 1. The van der Waals surface area contributed by atoms with Crippen molar-refractivity contribution in [2.45, 2.75) is 13.8 Å². The second-order valence-corrected chi connectivity index (χ2v) is 7.38. The highest BCUT2D eigenvalue weighted by Crippen LogP contribution is 2.27. The Balaban J connectivity index is 1.62. The lowest BCUT2D eigenvalue weighted by Crippen LogP contribution is -2.11. The van der Waals surface area contributed by atoms with E-state index in [9.17, 15) is 4.79 Å². The van der Waals surface area contributed by atoms with Gasteiger partial charge in [-0.15, -0.1) is 0 Å². The quantitative estimate of drug-likeness (QED) is 0.433. The van der Waals surface area contributed by atoms with Gasteiger partial charge in [0.15, 0.2) is 5.58 Å². The van der Waals surface area contributed by atoms with Gasteiger partial charge in [-0.05, 0) is 73.5 Å². The fourth-order valence-electron chi connectivity index (χ4n) is 2.84. The van der Waals surface area contributed by atoms with Crippen LogP contribution in [0, 0.1) is 13.8 Å². The molecule has 4 nitrogen and oxygen atoms in total. The summed E-state index contributed by atoms with van der Waals surface area (Å²) < 4.78 is 6.74. The number of carbonyl (C=O) groups excluding carboxylic acids is 1. The molecule has 4 aromatic rings. The first-order chi connectivity index (χ1) is 13.0. The zero-order valence-corrected chi connectivity index (χ0v) is 16.5. The molecule has 0 aliphatic rings. The molecule has 0 aliphatic carbocycles. The van der Waals surface area contributed by atoms with E-state index in [-0.39, 0.29) is 5.91 Å². The summed E-state index contributed by atoms with van der Waals surface area (Å²) in [6, 6.07) is 18.8. The molecule has 0 saturated heterocycles. The molecule has 1 aromatic heterocycles. The van der Waals surface area contributed by atoms with E-state index in [1.165, 1.54) is 11.1 Å². The largest absolute Gasteiger partial charge is 0.436 e. The second kappa shape index (κ2) is 7.00. The SMILES string of the molecule is Cc1ccc(-c2nc3cc(NC(=O)c4cccc(Br)c4)ccc3o2)cc1C. The van der Waals surface area contributed by atoms with E-state index >= 15 is 0 Å². The second-order valence-electron chi connectivity index (χ2n) is 6.47. The highest BCUT2D eigenvalue weighted by Gasteiger charge is 2.11. The molecule has 0 fully saturated rings. The van der Waals surface area contributed by atoms with E-state index in [1.54, 1.807) is 12.1 Å². The van der Waals surface area contributed by atoms with Crippen molar-refractivity contribution in [1.82, 2.24) is 4.98 Å². The topological polar surface area (TPSA) is 55.1 Å². The van der Waals surface area contributed by atoms with Crippen LogP contribution < -0.4 is 5.32 Å². The van der Waals surface area contributed by atoms with Gasteiger partial charge in [-0.25, -0.2) is 4.98 Å². The average molecular weight is 421 g/mol. The van der Waals surface area contributed by atoms with Crippen LogP contribution in [-0.2, 0) is 0 Å². The normalized spacial score (nSPS) is 10.9. The Bertz CT molecular complexity index is 1160. The average Bonchev–Trinajstić information content (AvgIpc) is 3.07. The van der Waals surface area contributed by atoms with E-state index in [1.807, 2.05) is 36.4 Å². The van der Waals surface area contributed by atoms with Crippen LogP contribution in [0.4, 0.5) is 5.69 Å². The minimum atomic E-state index is -0.173. The minimum absolute atomic E-state index is 0.173. The predicted octanol–water partition coefficient (Wildman–Crippen LogP) is 6.13. The van der Waals surface area contributed by atoms with Crippen molar-refractivity contribution in [2.75, 3.05) is 5.32 Å². The standard InChI is InChI=1S/C22H17BrN2O2/c1-13-6-7-16(10-14(13)2)22-25-19-12-18(8-9-20(19)27-22)24-21(26)15-4-3-5-17(23)11-15/h3-12H,1-2H3,(H,24,26). The third-order valence-corrected chi connectivity index (χ3v) is 4.98. The van der Waals surface area contributed by atoms with Crippen molar-refractivity contribution < 1.29 is 9.21 Å². The first kappa shape index (κ1) is 17.5. The number of aryl methyl sites for hydroxylation is 2. The molecule has 0 unspecified atom stereocenters. The molecule has 0 bridgehead atoms. The van der Waals surface area contributed by atoms with E-state index in [0.29, 0.717) is 28.2 Å². The summed E-state index contributed by atoms with van der Waals surface area (Å²) >= 11 is 3.38. The fraction of sp³-hybridized carbons (Fsp3) is 0.0909. The maximum atomic E-state index is 12.4. The summed E-state index contributed by atoms with van der Waals surface area (Å²) in [7, 11) is 0. The van der Waals surface area contributed by atoms with Crippen molar-refractivity contribution in [2.24, 2.45) is 0 Å². The summed E-state index contributed by atoms with van der Waals surface area (Å²) in [5.41, 5.74) is 6.00. The molecule has 0 aliphatic heterocycles. The smallest absolute Gasteiger partial charge is 0.255 e. The lowest BCUT2D eigenvalue weighted by molar-refractivity contribution is 0.102. The monoisotopic (exact) mass is 420 g/mol. The van der Waals surface area contributed by atoms with E-state index in [2.05, 4.69) is 52.2 Å². The van der Waals surface area contributed by atoms with Crippen molar-refractivity contribution in [3.05, 3.63) is 81.8 Å². The van der Waals surface area contributed by atoms with Crippen LogP contribution in [0.3, 0.4) is 0 Å². The van der Waals surface area contributed by atoms with E-state index < -0.39 is 0 Å². The number of carbonyl (C=O) groups is 1. The molecule has 0 atom stereocenters. The predicted molar refractivity (Wildman–Crippen MR) is 111 cm³/mol. The van der Waals surface area contributed by atoms with Crippen LogP contribution in [0.5, 0.6) is 0 Å². The third-order valence-electron chi connectivity index (χ3n) is 4.49. The fourth-order valence-corrected chi connectivity index (χ4v) is 3.24. The molecule has 1 heterocycles. The molecule has 1 amide bonds. The number of nitrogens with zero attached hydrogens (tertiary/aromatic N) is 1. The summed E-state index contributed by atoms with van der Waals surface area (Å²) in [6.45, 7) is 4.14. The molecule has 5 heteroatoms. The number of anilines is 1. The molecule has 3 aromatic carbocycles. The van der Waals surface area contributed by atoms with Crippen molar-refractivity contribution in [3.63, 3.8) is 0 Å². The van der Waals surface area contributed by atoms with E-state index in [4.69, 9.17) is 4.42 Å². The zero-order valence-electron chi connectivity index (χ0n) is 14.9. The number of halogens is 1. The zero-order chi connectivity index (χ0) is 19.0. The Morgan fingerprint density at radius 3 is 2.63 bits per heavy atom. The molecule has 4 rings (SSSR count). The first-order valence-electron chi connectivity index (χ1n) is 8.55. The van der Waals surface area contributed by atoms with Gasteiger partial charge in [0.25, 0.3) is 5.91 Å². The molecule has 1 N–H and O–H groups in total. The van der Waals surface area contributed by atoms with Gasteiger partial charge < -0.3 is 9.73 Å². The Hall–Kier alpha value is -2.92. The number of aromatic nitrogens is 1. The van der Waals surface area contributed by atoms with Gasteiger partial charge in [0.1, 0.15) is 5.52 Å². The van der Waals surface area contributed by atoms with Crippen molar-refractivity contribution in [1.29, 1.82) is 0 Å². The Morgan fingerprint density at radius 1 is 1.00 bits per heavy atom. The van der Waals surface area contributed by atoms with E-state index in [0.717, 1.165) is 10.0 Å². The van der Waals surface area contributed by atoms with Gasteiger partial charge in [-0.2, -0.15) is 0 Å². The molecular formula is C22H17BrN2O2. The van der Waals surface area contributed by atoms with Crippen LogP contribution in [0.25, 0.3) is 22.6 Å². The van der Waals surface area contributed by atoms with Gasteiger partial charge in [-0.3, -0.25) is 4.79 Å². The van der Waals surface area contributed by atoms with Gasteiger partial charge in [0.2, 0.25) is 5.89 Å². The number of fused-ring (bicyclic) bond motifs is 1. The number of amides is 1. The third kappa shape index (κ3) is 3.64. The van der Waals surface area contributed by atoms with Crippen molar-refractivity contribution in [3.8, 4) is 11.5 Å². The molecule has 0 spiro atoms. The van der Waals surface area contributed by atoms with Gasteiger partial charge >= 0.3 is 0 Å². The lowest BCUT2D eigenvalue weighted by Gasteiger charge is -2.05. The maximum Gasteiger partial charge on any atom is 0.255 e. The summed E-state index contributed by atoms with van der Waals surface area (Å²) in [5.74, 6) is 0.400. The van der Waals surface area contributed by atoms with Crippen LogP contribution >= 0.6 is 15.9 Å². The Labute approximate surface area is 165 Å². The number of hydrogen-bond acceptors (Lipinski definition) is 3. The van der Waals surface area contributed by atoms with Gasteiger partial charge in [-0.1, -0.05) is 28.1 Å². The molecule has 0 radical (unpaired) electrons. The molecular weight excluding hydrogens is 404 g/mol. The highest BCUT2D eigenvalue weighted by atomic mass is 79.9. The highest BCUT2D eigenvalue weighted by molar-refractivity contribution is 9.10. The van der Waals surface area contributed by atoms with Crippen LogP contribution in [0.2, 0.25) is 0 Å². The van der Waals surface area contributed by atoms with Crippen LogP contribution in [-0.4, -0.2) is 10.9 Å². The Kier molecular flexibility index (Phi) is 4.54. The van der Waals surface area contributed by atoms with Crippen LogP contribution in [0.15, 0.2) is 69.6 Å². The summed E-state index contributed by atoms with van der Waals surface area (Å²) in [6.07, 6.45) is 0. The number of rotatable bonds is 3. The first-order valence-corrected chi connectivity index (χ1v) is 9.34. The summed E-state index contributed by atoms with van der Waals surface area (Å²) in [4.78, 5) is 17.0. The van der Waals surface area contributed by atoms with Crippen molar-refractivity contribution >= 4 is 38.6 Å². The minimum Gasteiger partial charge on any atom is -0.436 e. The number of nitrogens with one attached hydrogen (secondary N) is 1.